The van der Waals surface area contributed by atoms with Crippen molar-refractivity contribution < 1.29 is 31.3 Å². The van der Waals surface area contributed by atoms with E-state index in [2.05, 4.69) is 0 Å². The smallest absolute Gasteiger partial charge is 0.339 e. The third-order valence-corrected chi connectivity index (χ3v) is 6.50. The second-order valence-electron chi connectivity index (χ2n) is 6.86. The molecule has 0 saturated heterocycles. The summed E-state index contributed by atoms with van der Waals surface area (Å²) in [6.07, 6.45) is 1.52. The van der Waals surface area contributed by atoms with Crippen molar-refractivity contribution >= 4 is 39.2 Å². The maximum Gasteiger partial charge on any atom is 0.339 e. The first-order chi connectivity index (χ1) is 15.7. The van der Waals surface area contributed by atoms with Gasteiger partial charge in [0.05, 0.1) is 30.0 Å². The van der Waals surface area contributed by atoms with Crippen LogP contribution in [0.1, 0.15) is 11.3 Å². The fraction of sp³-hybridized carbons (Fsp3) is 0.227. The summed E-state index contributed by atoms with van der Waals surface area (Å²) in [5.74, 6) is 0.476. The van der Waals surface area contributed by atoms with E-state index in [4.69, 9.17) is 41.3 Å². The van der Waals surface area contributed by atoms with E-state index in [-0.39, 0.29) is 52.0 Å². The highest BCUT2D eigenvalue weighted by Crippen LogP contribution is 2.33. The summed E-state index contributed by atoms with van der Waals surface area (Å²) in [5.41, 5.74) is 0.603. The van der Waals surface area contributed by atoms with Crippen LogP contribution in [0, 0.1) is 0 Å². The molecular weight excluding hydrogens is 493 g/mol. The number of ether oxygens (including phenoxy) is 2. The fourth-order valence-electron chi connectivity index (χ4n) is 2.94. The zero-order valence-electron chi connectivity index (χ0n) is 17.8. The van der Waals surface area contributed by atoms with Crippen LogP contribution in [0.3, 0.4) is 0 Å². The Bertz CT molecular complexity index is 1210. The van der Waals surface area contributed by atoms with Crippen LogP contribution in [0.25, 0.3) is 0 Å². The summed E-state index contributed by atoms with van der Waals surface area (Å²) >= 11 is 11.8. The molecule has 3 aromatic rings. The molecule has 176 valence electrons. The van der Waals surface area contributed by atoms with Gasteiger partial charge in [-0.05, 0) is 48.0 Å². The molecule has 0 aliphatic rings. The molecule has 2 aromatic carbocycles. The minimum absolute atomic E-state index is 0.0433. The lowest BCUT2D eigenvalue weighted by molar-refractivity contribution is -0.136. The molecule has 0 atom stereocenters. The number of hydrogen-bond donors (Lipinski definition) is 0. The average Bonchev–Trinajstić information content (AvgIpc) is 3.28. The van der Waals surface area contributed by atoms with Gasteiger partial charge in [0.15, 0.2) is 11.5 Å². The molecule has 1 heterocycles. The Morgan fingerprint density at radius 2 is 1.79 bits per heavy atom. The van der Waals surface area contributed by atoms with Gasteiger partial charge in [0.2, 0.25) is 5.91 Å². The number of amides is 1. The van der Waals surface area contributed by atoms with Crippen molar-refractivity contribution in [2.24, 2.45) is 0 Å². The maximum atomic E-state index is 12.8. The first-order valence-corrected chi connectivity index (χ1v) is 11.8. The van der Waals surface area contributed by atoms with E-state index in [1.807, 2.05) is 0 Å². The highest BCUT2D eigenvalue weighted by Gasteiger charge is 2.22. The first-order valence-electron chi connectivity index (χ1n) is 9.59. The normalized spacial score (nSPS) is 11.3. The molecule has 0 aliphatic carbocycles. The molecule has 1 amide bonds. The van der Waals surface area contributed by atoms with Crippen molar-refractivity contribution in [3.8, 4) is 11.5 Å². The van der Waals surface area contributed by atoms with Gasteiger partial charge in [-0.1, -0.05) is 29.3 Å². The van der Waals surface area contributed by atoms with Crippen LogP contribution in [0.4, 0.5) is 0 Å². The summed E-state index contributed by atoms with van der Waals surface area (Å²) in [6, 6.07) is 12.1. The van der Waals surface area contributed by atoms with Gasteiger partial charge in [0.25, 0.3) is 0 Å². The van der Waals surface area contributed by atoms with Crippen molar-refractivity contribution in [1.29, 1.82) is 0 Å². The Hall–Kier alpha value is -2.72. The predicted octanol–water partition coefficient (Wildman–Crippen LogP) is 4.54. The Morgan fingerprint density at radius 3 is 2.42 bits per heavy atom. The Kier molecular flexibility index (Phi) is 8.25. The summed E-state index contributed by atoms with van der Waals surface area (Å²) in [4.78, 5) is 13.9. The minimum atomic E-state index is -4.24. The van der Waals surface area contributed by atoms with Gasteiger partial charge in [0, 0.05) is 13.7 Å². The molecule has 0 bridgehead atoms. The molecule has 0 spiro atoms. The van der Waals surface area contributed by atoms with Crippen molar-refractivity contribution in [2.45, 2.75) is 18.0 Å². The Morgan fingerprint density at radius 1 is 1.00 bits per heavy atom. The van der Waals surface area contributed by atoms with Crippen molar-refractivity contribution in [3.63, 3.8) is 0 Å². The number of hydrogen-bond acceptors (Lipinski definition) is 7. The van der Waals surface area contributed by atoms with Gasteiger partial charge in [-0.3, -0.25) is 4.79 Å². The third-order valence-electron chi connectivity index (χ3n) is 4.53. The second kappa shape index (κ2) is 10.9. The Balaban J connectivity index is 1.88. The molecule has 3 rings (SSSR count). The van der Waals surface area contributed by atoms with Crippen LogP contribution in [-0.4, -0.2) is 40.1 Å². The van der Waals surface area contributed by atoms with Gasteiger partial charge in [-0.15, -0.1) is 0 Å². The van der Waals surface area contributed by atoms with E-state index < -0.39 is 10.1 Å². The molecule has 0 saturated carbocycles. The zero-order chi connectivity index (χ0) is 24.0. The molecule has 0 fully saturated rings. The van der Waals surface area contributed by atoms with E-state index in [9.17, 15) is 13.2 Å². The van der Waals surface area contributed by atoms with Crippen LogP contribution < -0.4 is 8.92 Å². The SMILES string of the molecule is COCC(=O)N(Cc1ccc(OC)c(OS(=O)(=O)c2ccc(Cl)c(Cl)c2)c1)Cc1ccco1. The zero-order valence-corrected chi connectivity index (χ0v) is 20.1. The van der Waals surface area contributed by atoms with Crippen LogP contribution in [-0.2, 0) is 32.7 Å². The fourth-order valence-corrected chi connectivity index (χ4v) is 4.26. The first kappa shape index (κ1) is 24.9. The Labute approximate surface area is 201 Å². The average molecular weight is 514 g/mol. The lowest BCUT2D eigenvalue weighted by atomic mass is 10.2. The largest absolute Gasteiger partial charge is 0.493 e. The molecule has 0 aliphatic heterocycles. The quantitative estimate of drug-likeness (QED) is 0.367. The third kappa shape index (κ3) is 6.42. The van der Waals surface area contributed by atoms with E-state index >= 15 is 0 Å². The molecule has 8 nitrogen and oxygen atoms in total. The van der Waals surface area contributed by atoms with E-state index in [1.54, 1.807) is 24.3 Å². The topological polar surface area (TPSA) is 95.3 Å². The number of benzene rings is 2. The van der Waals surface area contributed by atoms with Crippen LogP contribution in [0.2, 0.25) is 10.0 Å². The molecule has 1 aromatic heterocycles. The number of halogens is 2. The number of carbonyl (C=O) groups is 1. The summed E-state index contributed by atoms with van der Waals surface area (Å²) in [5, 5.41) is 0.292. The molecule has 33 heavy (non-hydrogen) atoms. The lowest BCUT2D eigenvalue weighted by Gasteiger charge is -2.22. The predicted molar refractivity (Wildman–Crippen MR) is 122 cm³/mol. The standard InChI is InChI=1S/C22H21Cl2NO7S/c1-29-14-22(26)25(13-16-4-3-9-31-16)12-15-5-8-20(30-2)21(10-15)32-33(27,28)17-6-7-18(23)19(24)11-17/h3-11H,12-14H2,1-2H3. The van der Waals surface area contributed by atoms with Crippen molar-refractivity contribution in [1.82, 2.24) is 4.90 Å². The molecule has 11 heteroatoms. The highest BCUT2D eigenvalue weighted by atomic mass is 35.5. The van der Waals surface area contributed by atoms with Gasteiger partial charge >= 0.3 is 10.1 Å². The van der Waals surface area contributed by atoms with Gasteiger partial charge in [-0.2, -0.15) is 8.42 Å². The van der Waals surface area contributed by atoms with E-state index in [0.717, 1.165) is 0 Å². The minimum Gasteiger partial charge on any atom is -0.493 e. The number of furan rings is 1. The van der Waals surface area contributed by atoms with Gasteiger partial charge < -0.3 is 23.0 Å². The molecular formula is C22H21Cl2NO7S. The monoisotopic (exact) mass is 513 g/mol. The van der Waals surface area contributed by atoms with E-state index in [1.165, 1.54) is 49.6 Å². The number of methoxy groups -OCH3 is 2. The second-order valence-corrected chi connectivity index (χ2v) is 9.22. The van der Waals surface area contributed by atoms with Crippen LogP contribution in [0.5, 0.6) is 11.5 Å². The number of rotatable bonds is 10. The summed E-state index contributed by atoms with van der Waals surface area (Å²) in [7, 11) is -1.42. The van der Waals surface area contributed by atoms with Crippen molar-refractivity contribution in [2.75, 3.05) is 20.8 Å². The van der Waals surface area contributed by atoms with Crippen molar-refractivity contribution in [3.05, 3.63) is 76.2 Å². The van der Waals surface area contributed by atoms with Gasteiger partial charge in [0.1, 0.15) is 17.3 Å². The van der Waals surface area contributed by atoms with E-state index in [0.29, 0.717) is 11.3 Å². The summed E-state index contributed by atoms with van der Waals surface area (Å²) in [6.45, 7) is 0.237. The molecule has 0 radical (unpaired) electrons. The van der Waals surface area contributed by atoms with Gasteiger partial charge in [-0.25, -0.2) is 0 Å². The molecule has 0 N–H and O–H groups in total. The molecule has 0 unspecified atom stereocenters. The highest BCUT2D eigenvalue weighted by molar-refractivity contribution is 7.87. The van der Waals surface area contributed by atoms with Crippen LogP contribution in [0.15, 0.2) is 64.1 Å². The summed E-state index contributed by atoms with van der Waals surface area (Å²) < 4.78 is 46.5. The number of nitrogens with zero attached hydrogens (tertiary/aromatic N) is 1. The van der Waals surface area contributed by atoms with Crippen LogP contribution >= 0.6 is 23.2 Å². The lowest BCUT2D eigenvalue weighted by Crippen LogP contribution is -2.32. The maximum absolute atomic E-state index is 12.8. The number of carbonyl (C=O) groups excluding carboxylic acids is 1.